The van der Waals surface area contributed by atoms with Crippen LogP contribution in [0.4, 0.5) is 8.78 Å². The second-order valence-corrected chi connectivity index (χ2v) is 10.4. The van der Waals surface area contributed by atoms with Gasteiger partial charge in [-0.2, -0.15) is 8.78 Å². The normalized spacial score (nSPS) is 19.4. The van der Waals surface area contributed by atoms with Gasteiger partial charge in [0.25, 0.3) is 5.91 Å². The molecule has 1 fully saturated rings. The quantitative estimate of drug-likeness (QED) is 0.391. The molecule has 0 aliphatic carbocycles. The van der Waals surface area contributed by atoms with Gasteiger partial charge >= 0.3 is 11.9 Å². The molecule has 0 radical (unpaired) electrons. The molecule has 1 aromatic heterocycles. The number of nitrogens with zero attached hydrogens (tertiary/aromatic N) is 1. The third-order valence-electron chi connectivity index (χ3n) is 6.62. The first-order valence-electron chi connectivity index (χ1n) is 11.9. The Kier molecular flexibility index (Phi) is 9.19. The number of carbonyl (C=O) groups is 2. The zero-order chi connectivity index (χ0) is 24.7. The molecule has 1 aliphatic rings. The second kappa shape index (κ2) is 11.9. The largest absolute Gasteiger partial charge is 0.477 e. The summed E-state index contributed by atoms with van der Waals surface area (Å²) in [6, 6.07) is 12.8. The molecule has 0 bridgehead atoms. The predicted octanol–water partition coefficient (Wildman–Crippen LogP) is 5.42. The third-order valence-corrected chi connectivity index (χ3v) is 7.75. The number of carbonyl (C=O) groups excluding carboxylic acids is 1. The van der Waals surface area contributed by atoms with E-state index >= 15 is 0 Å². The fraction of sp³-hybridized carbons (Fsp3) is 0.538. The molecule has 5 nitrogen and oxygen atoms in total. The Morgan fingerprint density at radius 3 is 2.56 bits per heavy atom. The summed E-state index contributed by atoms with van der Waals surface area (Å²) in [7, 11) is 0. The summed E-state index contributed by atoms with van der Waals surface area (Å²) in [4.78, 5) is 25.6. The number of amides is 1. The lowest BCUT2D eigenvalue weighted by molar-refractivity contribution is -0.148. The number of thiophene rings is 1. The minimum absolute atomic E-state index is 0.0528. The molecule has 1 saturated heterocycles. The van der Waals surface area contributed by atoms with Crippen LogP contribution in [0.25, 0.3) is 0 Å². The lowest BCUT2D eigenvalue weighted by Crippen LogP contribution is -2.37. The number of aliphatic hydroxyl groups excluding tert-OH is 1. The topological polar surface area (TPSA) is 77.8 Å². The van der Waals surface area contributed by atoms with Crippen molar-refractivity contribution in [1.29, 1.82) is 0 Å². The first-order valence-corrected chi connectivity index (χ1v) is 12.7. The van der Waals surface area contributed by atoms with Crippen LogP contribution in [0.15, 0.2) is 42.5 Å². The highest BCUT2D eigenvalue weighted by molar-refractivity contribution is 7.13. The van der Waals surface area contributed by atoms with E-state index in [-0.39, 0.29) is 17.3 Å². The van der Waals surface area contributed by atoms with Crippen LogP contribution in [0.3, 0.4) is 0 Å². The van der Waals surface area contributed by atoms with Crippen LogP contribution in [0.5, 0.6) is 0 Å². The SMILES string of the molecule is CC(CCCc1ccccc1)[C@H](O)CCC1CC(F)(F)C(=O)N1CCCc1ccc(C(=O)O)s1. The van der Waals surface area contributed by atoms with E-state index < -0.39 is 36.4 Å². The van der Waals surface area contributed by atoms with Crippen LogP contribution in [-0.4, -0.2) is 51.6 Å². The maximum Gasteiger partial charge on any atom is 0.345 e. The number of rotatable bonds is 13. The molecular weight excluding hydrogens is 460 g/mol. The van der Waals surface area contributed by atoms with E-state index in [1.165, 1.54) is 16.5 Å². The van der Waals surface area contributed by atoms with Crippen LogP contribution in [0.1, 0.15) is 65.6 Å². The van der Waals surface area contributed by atoms with Crippen molar-refractivity contribution in [3.63, 3.8) is 0 Å². The van der Waals surface area contributed by atoms with Gasteiger partial charge in [0.2, 0.25) is 0 Å². The highest BCUT2D eigenvalue weighted by Gasteiger charge is 2.52. The standard InChI is InChI=1S/C26H33F2NO4S/c1-18(7-5-10-19-8-3-2-4-9-19)22(30)14-12-20-17-26(27,28)25(33)29(20)16-6-11-21-13-15-23(34-21)24(31)32/h2-4,8-9,13,15,18,20,22,30H,5-7,10-12,14,16-17H2,1H3,(H,31,32)/t18?,20?,22-/m1/s1. The van der Waals surface area contributed by atoms with Gasteiger partial charge in [0.15, 0.2) is 0 Å². The monoisotopic (exact) mass is 493 g/mol. The van der Waals surface area contributed by atoms with Gasteiger partial charge in [-0.05, 0) is 68.6 Å². The molecule has 2 heterocycles. The predicted molar refractivity (Wildman–Crippen MR) is 128 cm³/mol. The fourth-order valence-corrected chi connectivity index (χ4v) is 5.46. The van der Waals surface area contributed by atoms with Crippen LogP contribution in [0, 0.1) is 5.92 Å². The van der Waals surface area contributed by atoms with Gasteiger partial charge in [-0.3, -0.25) is 4.79 Å². The van der Waals surface area contributed by atoms with Gasteiger partial charge in [-0.25, -0.2) is 4.79 Å². The van der Waals surface area contributed by atoms with Crippen molar-refractivity contribution in [3.8, 4) is 0 Å². The number of likely N-dealkylation sites (tertiary alicyclic amines) is 1. The highest BCUT2D eigenvalue weighted by Crippen LogP contribution is 2.36. The van der Waals surface area contributed by atoms with Crippen molar-refractivity contribution < 1.29 is 28.6 Å². The molecule has 186 valence electrons. The smallest absolute Gasteiger partial charge is 0.345 e. The molecule has 8 heteroatoms. The van der Waals surface area contributed by atoms with E-state index in [0.29, 0.717) is 25.7 Å². The molecule has 34 heavy (non-hydrogen) atoms. The van der Waals surface area contributed by atoms with Crippen molar-refractivity contribution in [1.82, 2.24) is 4.90 Å². The summed E-state index contributed by atoms with van der Waals surface area (Å²) in [5, 5.41) is 19.6. The van der Waals surface area contributed by atoms with Crippen molar-refractivity contribution >= 4 is 23.2 Å². The lowest BCUT2D eigenvalue weighted by atomic mass is 9.92. The van der Waals surface area contributed by atoms with E-state index in [9.17, 15) is 23.5 Å². The van der Waals surface area contributed by atoms with Crippen molar-refractivity contribution in [2.24, 2.45) is 5.92 Å². The van der Waals surface area contributed by atoms with E-state index in [1.807, 2.05) is 25.1 Å². The van der Waals surface area contributed by atoms with Crippen LogP contribution < -0.4 is 0 Å². The first kappa shape index (κ1) is 26.3. The molecule has 3 atom stereocenters. The summed E-state index contributed by atoms with van der Waals surface area (Å²) >= 11 is 1.16. The maximum atomic E-state index is 14.2. The molecule has 1 amide bonds. The lowest BCUT2D eigenvalue weighted by Gasteiger charge is -2.26. The van der Waals surface area contributed by atoms with Gasteiger partial charge in [-0.1, -0.05) is 37.3 Å². The summed E-state index contributed by atoms with van der Waals surface area (Å²) < 4.78 is 28.3. The average Bonchev–Trinajstić information content (AvgIpc) is 3.36. The minimum atomic E-state index is -3.36. The zero-order valence-corrected chi connectivity index (χ0v) is 20.3. The Balaban J connectivity index is 1.45. The molecule has 2 N–H and O–H groups in total. The van der Waals surface area contributed by atoms with Gasteiger partial charge in [0.1, 0.15) is 4.88 Å². The van der Waals surface area contributed by atoms with Crippen molar-refractivity contribution in [2.75, 3.05) is 6.54 Å². The van der Waals surface area contributed by atoms with Gasteiger partial charge in [0.05, 0.1) is 6.10 Å². The molecule has 0 saturated carbocycles. The molecule has 2 unspecified atom stereocenters. The number of aromatic carboxylic acids is 1. The molecule has 3 rings (SSSR count). The zero-order valence-electron chi connectivity index (χ0n) is 19.5. The van der Waals surface area contributed by atoms with E-state index in [2.05, 4.69) is 12.1 Å². The Hall–Kier alpha value is -2.32. The molecule has 0 spiro atoms. The summed E-state index contributed by atoms with van der Waals surface area (Å²) in [5.74, 6) is -5.44. The number of benzene rings is 1. The number of carboxylic acid groups (broad SMARTS) is 1. The number of halogens is 2. The minimum Gasteiger partial charge on any atom is -0.477 e. The van der Waals surface area contributed by atoms with Crippen LogP contribution in [0.2, 0.25) is 0 Å². The van der Waals surface area contributed by atoms with Crippen LogP contribution >= 0.6 is 11.3 Å². The molecular formula is C26H33F2NO4S. The third kappa shape index (κ3) is 7.09. The molecule has 2 aromatic rings. The van der Waals surface area contributed by atoms with Crippen LogP contribution in [-0.2, 0) is 17.6 Å². The Labute approximate surface area is 203 Å². The average molecular weight is 494 g/mol. The maximum absolute atomic E-state index is 14.2. The first-order chi connectivity index (χ1) is 16.2. The van der Waals surface area contributed by atoms with Gasteiger partial charge in [-0.15, -0.1) is 11.3 Å². The number of alkyl halides is 2. The second-order valence-electron chi connectivity index (χ2n) is 9.24. The Morgan fingerprint density at radius 2 is 1.88 bits per heavy atom. The Bertz CT molecular complexity index is 949. The number of hydrogen-bond donors (Lipinski definition) is 2. The summed E-state index contributed by atoms with van der Waals surface area (Å²) in [6.07, 6.45) is 3.35. The number of hydrogen-bond acceptors (Lipinski definition) is 4. The van der Waals surface area contributed by atoms with Gasteiger partial charge in [0, 0.05) is 23.9 Å². The van der Waals surface area contributed by atoms with E-state index in [1.54, 1.807) is 6.07 Å². The molecule has 1 aliphatic heterocycles. The number of aryl methyl sites for hydroxylation is 2. The molecule has 1 aromatic carbocycles. The van der Waals surface area contributed by atoms with Crippen molar-refractivity contribution in [3.05, 3.63) is 57.8 Å². The fourth-order valence-electron chi connectivity index (χ4n) is 4.58. The summed E-state index contributed by atoms with van der Waals surface area (Å²) in [6.45, 7) is 2.18. The van der Waals surface area contributed by atoms with Crippen molar-refractivity contribution in [2.45, 2.75) is 76.4 Å². The van der Waals surface area contributed by atoms with E-state index in [4.69, 9.17) is 5.11 Å². The summed E-state index contributed by atoms with van der Waals surface area (Å²) in [5.41, 5.74) is 1.26. The number of carboxylic acids is 1. The number of aliphatic hydroxyl groups is 1. The Morgan fingerprint density at radius 1 is 1.15 bits per heavy atom. The highest BCUT2D eigenvalue weighted by atomic mass is 32.1. The van der Waals surface area contributed by atoms with E-state index in [0.717, 1.165) is 35.5 Å². The van der Waals surface area contributed by atoms with Gasteiger partial charge < -0.3 is 15.1 Å².